The summed E-state index contributed by atoms with van der Waals surface area (Å²) in [5.74, 6) is 0. The molecule has 4 nitrogen and oxygen atoms in total. The van der Waals surface area contributed by atoms with Crippen molar-refractivity contribution in [1.29, 1.82) is 0 Å². The number of ether oxygens (including phenoxy) is 2. The van der Waals surface area contributed by atoms with Crippen molar-refractivity contribution in [2.24, 2.45) is 0 Å². The van der Waals surface area contributed by atoms with Gasteiger partial charge in [0.2, 0.25) is 0 Å². The van der Waals surface area contributed by atoms with E-state index in [2.05, 4.69) is 41.8 Å². The third-order valence-electron chi connectivity index (χ3n) is 4.27. The Morgan fingerprint density at radius 3 is 2.59 bits per heavy atom. The summed E-state index contributed by atoms with van der Waals surface area (Å²) in [6.45, 7) is 9.99. The summed E-state index contributed by atoms with van der Waals surface area (Å²) in [6.07, 6.45) is 0.423. The van der Waals surface area contributed by atoms with Gasteiger partial charge in [0.15, 0.2) is 0 Å². The Labute approximate surface area is 169 Å². The van der Waals surface area contributed by atoms with Crippen molar-refractivity contribution in [3.63, 3.8) is 0 Å². The van der Waals surface area contributed by atoms with Crippen LogP contribution >= 0.6 is 23.1 Å². The number of rotatable bonds is 4. The fourth-order valence-corrected chi connectivity index (χ4v) is 4.86. The average molecular weight is 406 g/mol. The second-order valence-corrected chi connectivity index (χ2v) is 10.5. The normalized spacial score (nSPS) is 19.3. The van der Waals surface area contributed by atoms with Crippen LogP contribution in [0, 0.1) is 0 Å². The Morgan fingerprint density at radius 2 is 2.00 bits per heavy atom. The van der Waals surface area contributed by atoms with Crippen molar-refractivity contribution in [3.05, 3.63) is 47.3 Å². The molecule has 2 aromatic rings. The standard InChI is InChI=1S/C21H27NO3S2/c1-20(2,3)25-19(23)22-16(14-24-21(22,4)5)13-15-8-10-17(11-9-15)27-18-7-6-12-26-18/h6-12,16H,13-14H2,1-5H3. The fraction of sp³-hybridized carbons (Fsp3) is 0.476. The van der Waals surface area contributed by atoms with Gasteiger partial charge in [0, 0.05) is 4.90 Å². The first-order valence-electron chi connectivity index (χ1n) is 9.11. The van der Waals surface area contributed by atoms with Crippen molar-refractivity contribution >= 4 is 29.2 Å². The molecular formula is C21H27NO3S2. The Hall–Kier alpha value is -1.50. The van der Waals surface area contributed by atoms with Gasteiger partial charge in [-0.05, 0) is 70.2 Å². The highest BCUT2D eigenvalue weighted by atomic mass is 32.2. The lowest BCUT2D eigenvalue weighted by Gasteiger charge is -2.35. The van der Waals surface area contributed by atoms with Crippen molar-refractivity contribution in [1.82, 2.24) is 4.90 Å². The van der Waals surface area contributed by atoms with E-state index < -0.39 is 11.3 Å². The van der Waals surface area contributed by atoms with E-state index in [1.807, 2.05) is 34.6 Å². The molecule has 1 unspecified atom stereocenters. The number of hydrogen-bond acceptors (Lipinski definition) is 5. The van der Waals surface area contributed by atoms with Crippen molar-refractivity contribution in [3.8, 4) is 0 Å². The van der Waals surface area contributed by atoms with Crippen LogP contribution in [0.1, 0.15) is 40.2 Å². The maximum atomic E-state index is 12.7. The summed E-state index contributed by atoms with van der Waals surface area (Å²) in [7, 11) is 0. The van der Waals surface area contributed by atoms with Gasteiger partial charge in [0.1, 0.15) is 11.3 Å². The first-order chi connectivity index (χ1) is 12.6. The van der Waals surface area contributed by atoms with Crippen LogP contribution < -0.4 is 0 Å². The Morgan fingerprint density at radius 1 is 1.30 bits per heavy atom. The topological polar surface area (TPSA) is 38.8 Å². The predicted octanol–water partition coefficient (Wildman–Crippen LogP) is 5.81. The second-order valence-electron chi connectivity index (χ2n) is 8.14. The van der Waals surface area contributed by atoms with E-state index in [1.54, 1.807) is 28.0 Å². The van der Waals surface area contributed by atoms with Crippen molar-refractivity contribution in [2.75, 3.05) is 6.61 Å². The number of hydrogen-bond donors (Lipinski definition) is 0. The minimum Gasteiger partial charge on any atom is -0.444 e. The van der Waals surface area contributed by atoms with Gasteiger partial charge in [0.25, 0.3) is 0 Å². The zero-order chi connectivity index (χ0) is 19.7. The molecule has 3 rings (SSSR count). The highest BCUT2D eigenvalue weighted by Gasteiger charge is 2.45. The molecule has 0 saturated carbocycles. The molecule has 27 heavy (non-hydrogen) atoms. The third-order valence-corrected chi connectivity index (χ3v) is 6.32. The van der Waals surface area contributed by atoms with Crippen LogP contribution in [-0.2, 0) is 15.9 Å². The molecule has 1 aromatic carbocycles. The van der Waals surface area contributed by atoms with Crippen LogP contribution in [0.2, 0.25) is 0 Å². The summed E-state index contributed by atoms with van der Waals surface area (Å²) in [5.41, 5.74) is -0.00599. The molecular weight excluding hydrogens is 378 g/mol. The molecule has 0 radical (unpaired) electrons. The van der Waals surface area contributed by atoms with Gasteiger partial charge in [-0.2, -0.15) is 0 Å². The highest BCUT2D eigenvalue weighted by Crippen LogP contribution is 2.33. The minimum absolute atomic E-state index is 0.0364. The van der Waals surface area contributed by atoms with Crippen molar-refractivity contribution in [2.45, 2.75) is 67.5 Å². The molecule has 1 atom stereocenters. The largest absolute Gasteiger partial charge is 0.444 e. The lowest BCUT2D eigenvalue weighted by Crippen LogP contribution is -2.50. The summed E-state index contributed by atoms with van der Waals surface area (Å²) >= 11 is 3.51. The number of nitrogens with zero attached hydrogens (tertiary/aromatic N) is 1. The van der Waals surface area contributed by atoms with Crippen molar-refractivity contribution < 1.29 is 14.3 Å². The van der Waals surface area contributed by atoms with E-state index in [9.17, 15) is 4.79 Å². The molecule has 1 aliphatic rings. The number of thiophene rings is 1. The Kier molecular flexibility index (Phi) is 5.89. The minimum atomic E-state index is -0.665. The molecule has 0 spiro atoms. The summed E-state index contributed by atoms with van der Waals surface area (Å²) in [5, 5.41) is 2.09. The number of carbonyl (C=O) groups excluding carboxylic acids is 1. The molecule has 0 bridgehead atoms. The van der Waals surface area contributed by atoms with E-state index in [-0.39, 0.29) is 12.1 Å². The molecule has 0 N–H and O–H groups in total. The molecule has 1 saturated heterocycles. The Bertz CT molecular complexity index is 764. The smallest absolute Gasteiger partial charge is 0.412 e. The predicted molar refractivity (Wildman–Crippen MR) is 110 cm³/mol. The van der Waals surface area contributed by atoms with Gasteiger partial charge in [-0.15, -0.1) is 11.3 Å². The van der Waals surface area contributed by atoms with E-state index in [4.69, 9.17) is 9.47 Å². The second kappa shape index (κ2) is 7.86. The lowest BCUT2D eigenvalue weighted by atomic mass is 10.1. The summed E-state index contributed by atoms with van der Waals surface area (Å²) in [6, 6.07) is 12.7. The molecule has 146 valence electrons. The zero-order valence-electron chi connectivity index (χ0n) is 16.5. The van der Waals surface area contributed by atoms with Gasteiger partial charge < -0.3 is 9.47 Å². The number of carbonyl (C=O) groups is 1. The van der Waals surface area contributed by atoms with E-state index in [1.165, 1.54) is 14.7 Å². The Balaban J connectivity index is 1.68. The third kappa shape index (κ3) is 5.27. The SMILES string of the molecule is CC(C)(C)OC(=O)N1C(Cc2ccc(Sc3cccs3)cc2)COC1(C)C. The average Bonchev–Trinajstić information content (AvgIpc) is 3.15. The van der Waals surface area contributed by atoms with Crippen LogP contribution in [0.3, 0.4) is 0 Å². The van der Waals surface area contributed by atoms with Gasteiger partial charge in [-0.3, -0.25) is 4.90 Å². The van der Waals surface area contributed by atoms with Crippen LogP contribution in [0.25, 0.3) is 0 Å². The van der Waals surface area contributed by atoms with Gasteiger partial charge in [-0.1, -0.05) is 30.0 Å². The number of amides is 1. The van der Waals surface area contributed by atoms with E-state index in [0.717, 1.165) is 6.42 Å². The first kappa shape index (κ1) is 20.2. The fourth-order valence-electron chi connectivity index (χ4n) is 3.12. The highest BCUT2D eigenvalue weighted by molar-refractivity contribution is 8.01. The lowest BCUT2D eigenvalue weighted by molar-refractivity contribution is -0.0624. The van der Waals surface area contributed by atoms with E-state index >= 15 is 0 Å². The monoisotopic (exact) mass is 405 g/mol. The van der Waals surface area contributed by atoms with Crippen LogP contribution in [0.5, 0.6) is 0 Å². The zero-order valence-corrected chi connectivity index (χ0v) is 18.2. The molecule has 1 aromatic heterocycles. The van der Waals surface area contributed by atoms with Gasteiger partial charge in [0.05, 0.1) is 16.9 Å². The van der Waals surface area contributed by atoms with E-state index in [0.29, 0.717) is 6.61 Å². The molecule has 2 heterocycles. The van der Waals surface area contributed by atoms with Crippen LogP contribution in [0.15, 0.2) is 50.9 Å². The summed E-state index contributed by atoms with van der Waals surface area (Å²) in [4.78, 5) is 15.7. The molecule has 1 aliphatic heterocycles. The number of benzene rings is 1. The molecule has 1 amide bonds. The van der Waals surface area contributed by atoms with Crippen LogP contribution in [-0.4, -0.2) is 35.0 Å². The summed E-state index contributed by atoms with van der Waals surface area (Å²) < 4.78 is 12.8. The maximum Gasteiger partial charge on any atom is 0.412 e. The van der Waals surface area contributed by atoms with Gasteiger partial charge >= 0.3 is 6.09 Å². The molecule has 1 fully saturated rings. The quantitative estimate of drug-likeness (QED) is 0.643. The first-order valence-corrected chi connectivity index (χ1v) is 10.8. The maximum absolute atomic E-state index is 12.7. The van der Waals surface area contributed by atoms with Crippen LogP contribution in [0.4, 0.5) is 4.79 Å². The molecule has 6 heteroatoms. The van der Waals surface area contributed by atoms with Gasteiger partial charge in [-0.25, -0.2) is 4.79 Å². The molecule has 0 aliphatic carbocycles.